The summed E-state index contributed by atoms with van der Waals surface area (Å²) in [5.41, 5.74) is -13.1. The quantitative estimate of drug-likeness (QED) is 0.504. The third-order valence-electron chi connectivity index (χ3n) is 3.83. The highest BCUT2D eigenvalue weighted by Gasteiger charge is 2.66. The van der Waals surface area contributed by atoms with Gasteiger partial charge >= 0.3 is 11.0 Å². The first-order chi connectivity index (χ1) is 11.4. The Kier molecular flexibility index (Phi) is 6.08. The molecule has 26 heavy (non-hydrogen) atoms. The lowest BCUT2D eigenvalue weighted by Gasteiger charge is -2.29. The summed E-state index contributed by atoms with van der Waals surface area (Å²) in [7, 11) is -13.5. The van der Waals surface area contributed by atoms with Crippen LogP contribution in [-0.4, -0.2) is 50.1 Å². The number of hydrogen-bond acceptors (Lipinski definition) is 6. The van der Waals surface area contributed by atoms with Gasteiger partial charge in [-0.2, -0.15) is 26.3 Å². The molecule has 2 N–H and O–H groups in total. The Balaban J connectivity index is 3.52. The van der Waals surface area contributed by atoms with Crippen LogP contribution in [0, 0.1) is 11.3 Å². The van der Waals surface area contributed by atoms with Gasteiger partial charge in [-0.15, -0.1) is 0 Å². The van der Waals surface area contributed by atoms with E-state index in [-0.39, 0.29) is 12.8 Å². The van der Waals surface area contributed by atoms with E-state index in [1.54, 1.807) is 0 Å². The summed E-state index contributed by atoms with van der Waals surface area (Å²) in [6.07, 6.45) is -0.942. The molecule has 1 amide bonds. The number of halogens is 6. The van der Waals surface area contributed by atoms with Gasteiger partial charge in [0.2, 0.25) is 0 Å². The average Bonchev–Trinajstić information content (AvgIpc) is 2.83. The minimum Gasteiger partial charge on any atom is -0.348 e. The highest BCUT2D eigenvalue weighted by atomic mass is 32.3. The molecule has 2 unspecified atom stereocenters. The maximum absolute atomic E-state index is 12.8. The lowest BCUT2D eigenvalue weighted by Crippen LogP contribution is -2.53. The fourth-order valence-electron chi connectivity index (χ4n) is 2.66. The number of carbonyl (C=O) groups is 1. The van der Waals surface area contributed by atoms with Crippen molar-refractivity contribution in [3.8, 4) is 0 Å². The Morgan fingerprint density at radius 2 is 1.42 bits per heavy atom. The van der Waals surface area contributed by atoms with Crippen LogP contribution >= 0.6 is 0 Å². The van der Waals surface area contributed by atoms with Gasteiger partial charge in [-0.05, 0) is 19.8 Å². The van der Waals surface area contributed by atoms with E-state index in [4.69, 9.17) is 5.41 Å². The Labute approximate surface area is 144 Å². The molecule has 0 radical (unpaired) electrons. The molecule has 1 aliphatic carbocycles. The molecule has 0 saturated heterocycles. The van der Waals surface area contributed by atoms with Crippen molar-refractivity contribution < 1.29 is 48.0 Å². The molecule has 0 aromatic rings. The first-order valence-electron chi connectivity index (χ1n) is 6.91. The molecule has 0 bridgehead atoms. The zero-order valence-corrected chi connectivity index (χ0v) is 14.6. The van der Waals surface area contributed by atoms with E-state index in [9.17, 15) is 48.0 Å². The molecule has 0 aromatic carbocycles. The molecule has 15 heteroatoms. The van der Waals surface area contributed by atoms with Crippen molar-refractivity contribution in [1.29, 1.82) is 5.41 Å². The number of hydrogen-bond donors (Lipinski definition) is 2. The molecule has 152 valence electrons. The van der Waals surface area contributed by atoms with Gasteiger partial charge in [0.25, 0.3) is 25.6 Å². The van der Waals surface area contributed by atoms with Crippen LogP contribution in [0.3, 0.4) is 0 Å². The summed E-state index contributed by atoms with van der Waals surface area (Å²) < 4.78 is 120. The van der Waals surface area contributed by atoms with E-state index in [1.807, 2.05) is 5.32 Å². The van der Waals surface area contributed by atoms with Crippen LogP contribution in [0.5, 0.6) is 0 Å². The number of rotatable bonds is 5. The molecule has 1 fully saturated rings. The summed E-state index contributed by atoms with van der Waals surface area (Å²) >= 11 is 0. The van der Waals surface area contributed by atoms with Gasteiger partial charge in [0, 0.05) is 12.0 Å². The molecular formula is C11H14F6N2O5S2. The van der Waals surface area contributed by atoms with Gasteiger partial charge in [0.1, 0.15) is 0 Å². The molecule has 1 aliphatic rings. The number of carbonyl (C=O) groups excluding carboxylic acids is 1. The van der Waals surface area contributed by atoms with E-state index < -0.39 is 65.3 Å². The molecule has 1 rings (SSSR count). The second-order valence-electron chi connectivity index (χ2n) is 5.65. The Morgan fingerprint density at radius 1 is 1.00 bits per heavy atom. The predicted molar refractivity (Wildman–Crippen MR) is 76.4 cm³/mol. The van der Waals surface area contributed by atoms with Crippen LogP contribution in [0.15, 0.2) is 0 Å². The fraction of sp³-hybridized carbons (Fsp3) is 0.818. The van der Waals surface area contributed by atoms with Crippen molar-refractivity contribution in [2.75, 3.05) is 0 Å². The third-order valence-corrected chi connectivity index (χ3v) is 8.57. The molecule has 7 nitrogen and oxygen atoms in total. The smallest absolute Gasteiger partial charge is 0.348 e. The van der Waals surface area contributed by atoms with Crippen molar-refractivity contribution in [2.45, 2.75) is 47.8 Å². The molecular weight excluding hydrogens is 418 g/mol. The van der Waals surface area contributed by atoms with Crippen molar-refractivity contribution in [1.82, 2.24) is 5.32 Å². The minimum absolute atomic E-state index is 0.107. The van der Waals surface area contributed by atoms with Crippen molar-refractivity contribution in [3.05, 3.63) is 0 Å². The summed E-state index contributed by atoms with van der Waals surface area (Å²) in [5.74, 6) is -3.33. The van der Waals surface area contributed by atoms with Crippen LogP contribution in [-0.2, 0) is 24.5 Å². The first-order valence-corrected chi connectivity index (χ1v) is 10.00. The molecule has 1 saturated carbocycles. The Morgan fingerprint density at radius 3 is 1.77 bits per heavy atom. The van der Waals surface area contributed by atoms with Gasteiger partial charge in [0.15, 0.2) is 4.58 Å². The zero-order chi connectivity index (χ0) is 20.7. The predicted octanol–water partition coefficient (Wildman–Crippen LogP) is 1.51. The lowest BCUT2D eigenvalue weighted by atomic mass is 10.1. The number of sulfone groups is 2. The van der Waals surface area contributed by atoms with Gasteiger partial charge in [-0.1, -0.05) is 6.42 Å². The van der Waals surface area contributed by atoms with Crippen LogP contribution in [0.2, 0.25) is 0 Å². The van der Waals surface area contributed by atoms with Crippen LogP contribution in [0.1, 0.15) is 26.2 Å². The van der Waals surface area contributed by atoms with E-state index in [0.29, 0.717) is 0 Å². The molecule has 2 atom stereocenters. The topological polar surface area (TPSA) is 121 Å². The Hall–Kier alpha value is -1.38. The van der Waals surface area contributed by atoms with E-state index in [0.717, 1.165) is 6.92 Å². The molecule has 0 aliphatic heterocycles. The van der Waals surface area contributed by atoms with E-state index in [1.165, 1.54) is 0 Å². The summed E-state index contributed by atoms with van der Waals surface area (Å²) in [6.45, 7) is 0.982. The third kappa shape index (κ3) is 4.13. The summed E-state index contributed by atoms with van der Waals surface area (Å²) in [5, 5.41) is 9.00. The maximum Gasteiger partial charge on any atom is 0.498 e. The van der Waals surface area contributed by atoms with E-state index >= 15 is 0 Å². The van der Waals surface area contributed by atoms with Crippen molar-refractivity contribution in [3.63, 3.8) is 0 Å². The van der Waals surface area contributed by atoms with Crippen molar-refractivity contribution >= 4 is 31.3 Å². The standard InChI is InChI=1S/C11H14F6N2O5S2/c1-5(18)8(20)19-7-4-2-3-6(7)9(25(21,22)10(12,13)14)26(23,24)11(15,16)17/h6-7,9,18H,2-4H2,1H3,(H,19,20). The second-order valence-corrected chi connectivity index (χ2v) is 10.1. The van der Waals surface area contributed by atoms with Crippen LogP contribution in [0.25, 0.3) is 0 Å². The molecule has 0 heterocycles. The summed E-state index contributed by atoms with van der Waals surface area (Å²) in [4.78, 5) is 11.5. The lowest BCUT2D eigenvalue weighted by molar-refractivity contribution is -0.115. The minimum atomic E-state index is -6.76. The van der Waals surface area contributed by atoms with Gasteiger partial charge < -0.3 is 5.32 Å². The van der Waals surface area contributed by atoms with E-state index in [2.05, 4.69) is 0 Å². The fourth-order valence-corrected chi connectivity index (χ4v) is 6.75. The largest absolute Gasteiger partial charge is 0.498 e. The number of amides is 1. The number of alkyl halides is 6. The summed E-state index contributed by atoms with van der Waals surface area (Å²) in [6, 6.07) is -1.58. The molecule has 0 spiro atoms. The first kappa shape index (κ1) is 22.7. The molecule has 0 aromatic heterocycles. The maximum atomic E-state index is 12.8. The SMILES string of the molecule is CC(=N)C(=O)NC1CCCC1C(S(=O)(=O)C(F)(F)F)S(=O)(=O)C(F)(F)F. The Bertz CT molecular complexity index is 743. The van der Waals surface area contributed by atoms with Crippen LogP contribution < -0.4 is 5.32 Å². The zero-order valence-electron chi connectivity index (χ0n) is 13.0. The van der Waals surface area contributed by atoms with Crippen molar-refractivity contribution in [2.24, 2.45) is 5.92 Å². The van der Waals surface area contributed by atoms with Crippen LogP contribution in [0.4, 0.5) is 26.3 Å². The highest BCUT2D eigenvalue weighted by molar-refractivity contribution is 8.09. The second kappa shape index (κ2) is 6.98. The number of nitrogens with one attached hydrogen (secondary N) is 2. The van der Waals surface area contributed by atoms with Gasteiger partial charge in [-0.25, -0.2) is 16.8 Å². The average molecular weight is 432 g/mol. The van der Waals surface area contributed by atoms with Gasteiger partial charge in [0.05, 0.1) is 5.71 Å². The normalized spacial score (nSPS) is 22.5. The highest BCUT2D eigenvalue weighted by Crippen LogP contribution is 2.44. The monoisotopic (exact) mass is 432 g/mol. The van der Waals surface area contributed by atoms with Gasteiger partial charge in [-0.3, -0.25) is 10.2 Å².